The second-order valence-corrected chi connectivity index (χ2v) is 13.4. The van der Waals surface area contributed by atoms with E-state index in [1.807, 2.05) is 30.3 Å². The van der Waals surface area contributed by atoms with Gasteiger partial charge in [0.15, 0.2) is 5.76 Å². The third-order valence-electron chi connectivity index (χ3n) is 9.51. The van der Waals surface area contributed by atoms with E-state index in [9.17, 15) is 14.4 Å². The fourth-order valence-corrected chi connectivity index (χ4v) is 7.08. The number of nitrogens with one attached hydrogen (secondary N) is 3. The number of hydrogen-bond donors (Lipinski definition) is 3. The molecule has 3 amide bonds. The van der Waals surface area contributed by atoms with Crippen LogP contribution < -0.4 is 16.0 Å². The molecule has 1 saturated carbocycles. The van der Waals surface area contributed by atoms with Crippen LogP contribution in [0.2, 0.25) is 5.02 Å². The molecule has 10 nitrogen and oxygen atoms in total. The van der Waals surface area contributed by atoms with Crippen molar-refractivity contribution < 1.29 is 28.3 Å². The van der Waals surface area contributed by atoms with E-state index in [4.69, 9.17) is 25.5 Å². The molecule has 3 N–H and O–H groups in total. The number of amides is 3. The summed E-state index contributed by atoms with van der Waals surface area (Å²) in [5.74, 6) is -0.156. The summed E-state index contributed by atoms with van der Waals surface area (Å²) in [5.41, 5.74) is 0.347. The van der Waals surface area contributed by atoms with Gasteiger partial charge in [0.05, 0.1) is 13.2 Å². The Hall–Kier alpha value is -3.44. The Morgan fingerprint density at radius 2 is 1.70 bits per heavy atom. The molecule has 2 saturated heterocycles. The number of hydrogen-bond acceptors (Lipinski definition) is 7. The molecule has 1 aromatic heterocycles. The minimum Gasteiger partial charge on any atom is -0.451 e. The molecule has 246 valence electrons. The van der Waals surface area contributed by atoms with Crippen LogP contribution in [0.5, 0.6) is 0 Å². The molecule has 1 aliphatic carbocycles. The van der Waals surface area contributed by atoms with Gasteiger partial charge in [-0.2, -0.15) is 0 Å². The van der Waals surface area contributed by atoms with Crippen LogP contribution in [0.1, 0.15) is 54.6 Å². The molecule has 2 aromatic carbocycles. The molecule has 3 fully saturated rings. The molecule has 0 spiro atoms. The zero-order valence-electron chi connectivity index (χ0n) is 26.1. The van der Waals surface area contributed by atoms with Gasteiger partial charge in [-0.25, -0.2) is 0 Å². The number of nitrogens with zero attached hydrogens (tertiary/aromatic N) is 1. The SMILES string of the molecule is O=C(NC1(C(=O)N[C@H](Cc2ccccc2)C(=O)NCC2CCN(CC3COCOC3)CC2)CCCC1)c1cc2cc(Cl)ccc2o1. The van der Waals surface area contributed by atoms with Crippen molar-refractivity contribution in [2.75, 3.05) is 46.2 Å². The van der Waals surface area contributed by atoms with Crippen LogP contribution in [-0.4, -0.2) is 80.4 Å². The predicted octanol–water partition coefficient (Wildman–Crippen LogP) is 4.31. The van der Waals surface area contributed by atoms with Crippen LogP contribution in [0.3, 0.4) is 0 Å². The number of furan rings is 1. The summed E-state index contributed by atoms with van der Waals surface area (Å²) in [6.45, 7) is 5.34. The Morgan fingerprint density at radius 3 is 2.43 bits per heavy atom. The van der Waals surface area contributed by atoms with Gasteiger partial charge in [-0.3, -0.25) is 14.4 Å². The molecule has 6 rings (SSSR count). The minimum atomic E-state index is -1.13. The number of rotatable bonds is 11. The summed E-state index contributed by atoms with van der Waals surface area (Å²) in [4.78, 5) is 43.5. The number of piperidine rings is 1. The van der Waals surface area contributed by atoms with Gasteiger partial charge in [0.25, 0.3) is 5.91 Å². The topological polar surface area (TPSA) is 122 Å². The lowest BCUT2D eigenvalue weighted by Crippen LogP contribution is -2.61. The van der Waals surface area contributed by atoms with Gasteiger partial charge >= 0.3 is 0 Å². The average molecular weight is 651 g/mol. The van der Waals surface area contributed by atoms with Gasteiger partial charge < -0.3 is 34.7 Å². The maximum atomic E-state index is 14.0. The van der Waals surface area contributed by atoms with Crippen LogP contribution in [0.15, 0.2) is 59.0 Å². The highest BCUT2D eigenvalue weighted by molar-refractivity contribution is 6.31. The Kier molecular flexibility index (Phi) is 10.6. The van der Waals surface area contributed by atoms with Crippen molar-refractivity contribution in [3.05, 3.63) is 70.9 Å². The van der Waals surface area contributed by atoms with Crippen molar-refractivity contribution in [2.45, 2.75) is 56.5 Å². The zero-order chi connectivity index (χ0) is 31.9. The molecule has 11 heteroatoms. The number of likely N-dealkylation sites (tertiary alicyclic amines) is 1. The van der Waals surface area contributed by atoms with E-state index in [2.05, 4.69) is 20.9 Å². The molecule has 0 radical (unpaired) electrons. The third kappa shape index (κ3) is 8.09. The largest absolute Gasteiger partial charge is 0.451 e. The number of halogens is 1. The fraction of sp³-hybridized carbons (Fsp3) is 0.514. The molecular weight excluding hydrogens is 608 g/mol. The quantitative estimate of drug-likeness (QED) is 0.283. The lowest BCUT2D eigenvalue weighted by Gasteiger charge is -2.35. The van der Waals surface area contributed by atoms with E-state index in [1.54, 1.807) is 24.3 Å². The summed E-state index contributed by atoms with van der Waals surface area (Å²) >= 11 is 6.11. The fourth-order valence-electron chi connectivity index (χ4n) is 6.90. The first-order valence-corrected chi connectivity index (χ1v) is 16.8. The molecule has 3 heterocycles. The van der Waals surface area contributed by atoms with Crippen LogP contribution >= 0.6 is 11.6 Å². The Bertz CT molecular complexity index is 1490. The van der Waals surface area contributed by atoms with Gasteiger partial charge in [-0.05, 0) is 74.5 Å². The van der Waals surface area contributed by atoms with E-state index in [1.165, 1.54) is 0 Å². The first-order valence-electron chi connectivity index (χ1n) is 16.4. The van der Waals surface area contributed by atoms with Crippen molar-refractivity contribution in [1.29, 1.82) is 0 Å². The number of benzene rings is 2. The normalized spacial score (nSPS) is 19.9. The third-order valence-corrected chi connectivity index (χ3v) is 9.75. The smallest absolute Gasteiger partial charge is 0.287 e. The summed E-state index contributed by atoms with van der Waals surface area (Å²) in [6, 6.07) is 15.7. The second-order valence-electron chi connectivity index (χ2n) is 13.0. The van der Waals surface area contributed by atoms with Crippen molar-refractivity contribution in [3.63, 3.8) is 0 Å². The molecule has 3 aliphatic rings. The van der Waals surface area contributed by atoms with Gasteiger partial charge in [0.2, 0.25) is 11.8 Å². The van der Waals surface area contributed by atoms with Crippen LogP contribution in [0.25, 0.3) is 11.0 Å². The van der Waals surface area contributed by atoms with E-state index >= 15 is 0 Å². The second kappa shape index (κ2) is 15.0. The molecular formula is C35H43ClN4O6. The van der Waals surface area contributed by atoms with Gasteiger partial charge in [0.1, 0.15) is 24.0 Å². The lowest BCUT2D eigenvalue weighted by molar-refractivity contribution is -0.132. The molecule has 1 atom stereocenters. The molecule has 3 aromatic rings. The maximum Gasteiger partial charge on any atom is 0.287 e. The van der Waals surface area contributed by atoms with E-state index < -0.39 is 17.5 Å². The predicted molar refractivity (Wildman–Crippen MR) is 174 cm³/mol. The summed E-state index contributed by atoms with van der Waals surface area (Å²) in [5, 5.41) is 10.4. The van der Waals surface area contributed by atoms with Crippen LogP contribution in [0.4, 0.5) is 0 Å². The van der Waals surface area contributed by atoms with Crippen LogP contribution in [0, 0.1) is 11.8 Å². The Labute approximate surface area is 274 Å². The summed E-state index contributed by atoms with van der Waals surface area (Å²) < 4.78 is 16.7. The van der Waals surface area contributed by atoms with Crippen LogP contribution in [-0.2, 0) is 25.5 Å². The van der Waals surface area contributed by atoms with Crippen molar-refractivity contribution in [2.24, 2.45) is 11.8 Å². The van der Waals surface area contributed by atoms with Crippen molar-refractivity contribution in [3.8, 4) is 0 Å². The highest BCUT2D eigenvalue weighted by Gasteiger charge is 2.44. The highest BCUT2D eigenvalue weighted by atomic mass is 35.5. The highest BCUT2D eigenvalue weighted by Crippen LogP contribution is 2.31. The van der Waals surface area contributed by atoms with Gasteiger partial charge in [-0.15, -0.1) is 0 Å². The monoisotopic (exact) mass is 650 g/mol. The number of carbonyl (C=O) groups excluding carboxylic acids is 3. The van der Waals surface area contributed by atoms with Gasteiger partial charge in [-0.1, -0.05) is 54.8 Å². The first-order chi connectivity index (χ1) is 22.4. The molecule has 0 unspecified atom stereocenters. The minimum absolute atomic E-state index is 0.112. The summed E-state index contributed by atoms with van der Waals surface area (Å²) in [6.07, 6.45) is 4.87. The first kappa shape index (κ1) is 32.5. The average Bonchev–Trinajstić information content (AvgIpc) is 3.73. The number of ether oxygens (including phenoxy) is 2. The molecule has 46 heavy (non-hydrogen) atoms. The van der Waals surface area contributed by atoms with E-state index in [0.29, 0.717) is 60.4 Å². The maximum absolute atomic E-state index is 14.0. The summed E-state index contributed by atoms with van der Waals surface area (Å²) in [7, 11) is 0. The zero-order valence-corrected chi connectivity index (χ0v) is 26.9. The lowest BCUT2D eigenvalue weighted by atomic mass is 9.94. The van der Waals surface area contributed by atoms with E-state index in [-0.39, 0.29) is 17.6 Å². The Balaban J connectivity index is 1.08. The van der Waals surface area contributed by atoms with Crippen molar-refractivity contribution >= 4 is 40.3 Å². The van der Waals surface area contributed by atoms with E-state index in [0.717, 1.165) is 64.1 Å². The van der Waals surface area contributed by atoms with Crippen molar-refractivity contribution in [1.82, 2.24) is 20.9 Å². The van der Waals surface area contributed by atoms with Gasteiger partial charge in [0, 0.05) is 35.8 Å². The number of carbonyl (C=O) groups is 3. The molecule has 2 aliphatic heterocycles. The molecule has 0 bridgehead atoms. The Morgan fingerprint density at radius 1 is 0.957 bits per heavy atom. The number of fused-ring (bicyclic) bond motifs is 1. The standard InChI is InChI=1S/C35H43ClN4O6/c36-28-8-9-30-27(17-28)18-31(46-30)33(42)39-35(12-4-5-13-35)34(43)38-29(16-24-6-2-1-3-7-24)32(41)37-19-25-10-14-40(15-11-25)20-26-21-44-23-45-22-26/h1-3,6-9,17-18,25-26,29H,4-5,10-16,19-23H2,(H,37,41)(H,38,43)(H,39,42)/t29-/m1/s1.